The highest BCUT2D eigenvalue weighted by Crippen LogP contribution is 2.35. The zero-order valence-corrected chi connectivity index (χ0v) is 19.8. The third kappa shape index (κ3) is 6.40. The van der Waals surface area contributed by atoms with Crippen LogP contribution in [0.4, 0.5) is 0 Å². The van der Waals surface area contributed by atoms with E-state index in [1.807, 2.05) is 11.8 Å². The van der Waals surface area contributed by atoms with Crippen molar-refractivity contribution in [3.8, 4) is 11.5 Å². The summed E-state index contributed by atoms with van der Waals surface area (Å²) in [4.78, 5) is 4.72. The molecule has 2 rings (SSSR count). The molecule has 0 fully saturated rings. The first-order valence-electron chi connectivity index (χ1n) is 8.82. The fraction of sp³-hybridized carbons (Fsp3) is 0.632. The van der Waals surface area contributed by atoms with Crippen molar-refractivity contribution in [3.05, 3.63) is 23.3 Å². The molecular formula is C19H32IN3O2S. The number of ether oxygens (including phenoxy) is 2. The van der Waals surface area contributed by atoms with Crippen LogP contribution in [0.2, 0.25) is 0 Å². The molecule has 1 aromatic carbocycles. The lowest BCUT2D eigenvalue weighted by Gasteiger charge is -2.23. The fourth-order valence-corrected chi connectivity index (χ4v) is 2.89. The number of nitrogens with zero attached hydrogens (tertiary/aromatic N) is 1. The lowest BCUT2D eigenvalue weighted by Crippen LogP contribution is -2.43. The van der Waals surface area contributed by atoms with Crippen molar-refractivity contribution in [2.24, 2.45) is 4.99 Å². The van der Waals surface area contributed by atoms with Gasteiger partial charge in [0.05, 0.1) is 13.7 Å². The Hall–Kier alpha value is -0.830. The van der Waals surface area contributed by atoms with E-state index < -0.39 is 0 Å². The van der Waals surface area contributed by atoms with Crippen LogP contribution in [-0.2, 0) is 13.0 Å². The van der Waals surface area contributed by atoms with Gasteiger partial charge in [-0.15, -0.1) is 24.0 Å². The smallest absolute Gasteiger partial charge is 0.191 e. The van der Waals surface area contributed by atoms with Crippen molar-refractivity contribution in [2.45, 2.75) is 51.5 Å². The average molecular weight is 493 g/mol. The SMILES string of the molecule is CCNC(=NCc1cc2c(cc1OC)CC(C)O2)NCC(C)(C)SC.I. The molecule has 5 nitrogen and oxygen atoms in total. The third-order valence-electron chi connectivity index (χ3n) is 4.28. The Bertz CT molecular complexity index is 623. The Balaban J connectivity index is 0.00000338. The molecule has 0 saturated carbocycles. The highest BCUT2D eigenvalue weighted by Gasteiger charge is 2.21. The van der Waals surface area contributed by atoms with Crippen molar-refractivity contribution in [1.29, 1.82) is 0 Å². The zero-order chi connectivity index (χ0) is 18.4. The van der Waals surface area contributed by atoms with Crippen LogP contribution in [0.5, 0.6) is 11.5 Å². The van der Waals surface area contributed by atoms with Crippen molar-refractivity contribution >= 4 is 41.7 Å². The molecule has 1 atom stereocenters. The molecular weight excluding hydrogens is 461 g/mol. The standard InChI is InChI=1S/C19H31N3O2S.HI/c1-7-20-18(22-12-19(3,4)25-6)21-11-15-10-17-14(8-13(2)24-17)9-16(15)23-5;/h9-10,13H,7-8,11-12H2,1-6H3,(H2,20,21,22);1H. The van der Waals surface area contributed by atoms with Gasteiger partial charge in [0.25, 0.3) is 0 Å². The van der Waals surface area contributed by atoms with Gasteiger partial charge in [-0.05, 0) is 46.1 Å². The second-order valence-electron chi connectivity index (χ2n) is 6.92. The first-order chi connectivity index (χ1) is 11.9. The van der Waals surface area contributed by atoms with Crippen LogP contribution >= 0.6 is 35.7 Å². The summed E-state index contributed by atoms with van der Waals surface area (Å²) in [7, 11) is 1.71. The van der Waals surface area contributed by atoms with E-state index in [1.54, 1.807) is 7.11 Å². The van der Waals surface area contributed by atoms with E-state index >= 15 is 0 Å². The molecule has 0 radical (unpaired) electrons. The van der Waals surface area contributed by atoms with Crippen molar-refractivity contribution in [3.63, 3.8) is 0 Å². The van der Waals surface area contributed by atoms with E-state index in [-0.39, 0.29) is 34.8 Å². The van der Waals surface area contributed by atoms with Crippen LogP contribution in [0.1, 0.15) is 38.8 Å². The molecule has 0 aromatic heterocycles. The molecule has 0 amide bonds. The number of fused-ring (bicyclic) bond motifs is 1. The average Bonchev–Trinajstić information content (AvgIpc) is 2.95. The van der Waals surface area contributed by atoms with Gasteiger partial charge in [0.1, 0.15) is 17.6 Å². The quantitative estimate of drug-likeness (QED) is 0.344. The Morgan fingerprint density at radius 3 is 2.73 bits per heavy atom. The third-order valence-corrected chi connectivity index (χ3v) is 5.53. The molecule has 1 heterocycles. The molecule has 1 unspecified atom stereocenters. The van der Waals surface area contributed by atoms with E-state index in [0.717, 1.165) is 42.5 Å². The predicted molar refractivity (Wildman–Crippen MR) is 123 cm³/mol. The van der Waals surface area contributed by atoms with Gasteiger partial charge in [-0.3, -0.25) is 0 Å². The highest BCUT2D eigenvalue weighted by molar-refractivity contribution is 14.0. The van der Waals surface area contributed by atoms with E-state index in [2.05, 4.69) is 56.7 Å². The molecule has 7 heteroatoms. The Labute approximate surface area is 179 Å². The summed E-state index contributed by atoms with van der Waals surface area (Å²) in [5, 5.41) is 6.73. The van der Waals surface area contributed by atoms with Crippen molar-refractivity contribution in [1.82, 2.24) is 10.6 Å². The maximum absolute atomic E-state index is 5.87. The molecule has 0 saturated heterocycles. The van der Waals surface area contributed by atoms with Gasteiger partial charge in [-0.1, -0.05) is 0 Å². The van der Waals surface area contributed by atoms with Gasteiger partial charge in [0, 0.05) is 35.4 Å². The van der Waals surface area contributed by atoms with Crippen LogP contribution in [0, 0.1) is 0 Å². The van der Waals surface area contributed by atoms with Gasteiger partial charge in [-0.25, -0.2) is 4.99 Å². The molecule has 0 bridgehead atoms. The van der Waals surface area contributed by atoms with Crippen molar-refractivity contribution < 1.29 is 9.47 Å². The second-order valence-corrected chi connectivity index (χ2v) is 8.43. The second kappa shape index (κ2) is 10.5. The molecule has 26 heavy (non-hydrogen) atoms. The van der Waals surface area contributed by atoms with Crippen LogP contribution in [0.3, 0.4) is 0 Å². The molecule has 1 aliphatic rings. The van der Waals surface area contributed by atoms with E-state index in [0.29, 0.717) is 6.54 Å². The lowest BCUT2D eigenvalue weighted by atomic mass is 10.1. The van der Waals surface area contributed by atoms with Crippen LogP contribution < -0.4 is 20.1 Å². The van der Waals surface area contributed by atoms with Gasteiger partial charge in [-0.2, -0.15) is 11.8 Å². The van der Waals surface area contributed by atoms with Gasteiger partial charge in [0.15, 0.2) is 5.96 Å². The number of hydrogen-bond donors (Lipinski definition) is 2. The summed E-state index contributed by atoms with van der Waals surface area (Å²) < 4.78 is 11.6. The normalized spacial score (nSPS) is 16.4. The van der Waals surface area contributed by atoms with Gasteiger partial charge >= 0.3 is 0 Å². The number of nitrogens with one attached hydrogen (secondary N) is 2. The molecule has 2 N–H and O–H groups in total. The summed E-state index contributed by atoms with van der Waals surface area (Å²) in [6.45, 7) is 10.8. The van der Waals surface area contributed by atoms with E-state index in [1.165, 1.54) is 5.56 Å². The molecule has 0 spiro atoms. The van der Waals surface area contributed by atoms with E-state index in [9.17, 15) is 0 Å². The van der Waals surface area contributed by atoms with Gasteiger partial charge < -0.3 is 20.1 Å². The summed E-state index contributed by atoms with van der Waals surface area (Å²) in [6, 6.07) is 4.15. The largest absolute Gasteiger partial charge is 0.496 e. The number of thioether (sulfide) groups is 1. The number of methoxy groups -OCH3 is 1. The Morgan fingerprint density at radius 2 is 2.12 bits per heavy atom. The summed E-state index contributed by atoms with van der Waals surface area (Å²) in [5.41, 5.74) is 2.25. The van der Waals surface area contributed by atoms with Crippen LogP contribution in [-0.4, -0.2) is 43.3 Å². The van der Waals surface area contributed by atoms with Crippen molar-refractivity contribution in [2.75, 3.05) is 26.5 Å². The fourth-order valence-electron chi connectivity index (χ4n) is 2.67. The lowest BCUT2D eigenvalue weighted by molar-refractivity contribution is 0.254. The number of hydrogen-bond acceptors (Lipinski definition) is 4. The van der Waals surface area contributed by atoms with Gasteiger partial charge in [0.2, 0.25) is 0 Å². The molecule has 148 valence electrons. The number of benzene rings is 1. The number of aliphatic imine (C=N–C) groups is 1. The first-order valence-corrected chi connectivity index (χ1v) is 10.0. The molecule has 1 aliphatic heterocycles. The highest BCUT2D eigenvalue weighted by atomic mass is 127. The topological polar surface area (TPSA) is 54.9 Å². The van der Waals surface area contributed by atoms with Crippen LogP contribution in [0.25, 0.3) is 0 Å². The number of guanidine groups is 1. The summed E-state index contributed by atoms with van der Waals surface area (Å²) in [6.07, 6.45) is 3.29. The minimum absolute atomic E-state index is 0. The molecule has 1 aromatic rings. The zero-order valence-electron chi connectivity index (χ0n) is 16.6. The minimum Gasteiger partial charge on any atom is -0.496 e. The van der Waals surface area contributed by atoms with Crippen LogP contribution in [0.15, 0.2) is 17.1 Å². The first kappa shape index (κ1) is 23.2. The monoisotopic (exact) mass is 493 g/mol. The maximum Gasteiger partial charge on any atom is 0.191 e. The van der Waals surface area contributed by atoms with E-state index in [4.69, 9.17) is 14.5 Å². The Kier molecular flexibility index (Phi) is 9.36. The maximum atomic E-state index is 5.87. The minimum atomic E-state index is 0. The summed E-state index contributed by atoms with van der Waals surface area (Å²) in [5.74, 6) is 2.65. The number of rotatable bonds is 7. The summed E-state index contributed by atoms with van der Waals surface area (Å²) >= 11 is 1.84. The predicted octanol–water partition coefficient (Wildman–Crippen LogP) is 3.83. The number of halogens is 1. The Morgan fingerprint density at radius 1 is 1.38 bits per heavy atom. The molecule has 0 aliphatic carbocycles.